The van der Waals surface area contributed by atoms with Gasteiger partial charge >= 0.3 is 6.03 Å². The predicted molar refractivity (Wildman–Crippen MR) is 110 cm³/mol. The summed E-state index contributed by atoms with van der Waals surface area (Å²) in [5.41, 5.74) is 1.60. The molecule has 2 atom stereocenters. The molecule has 1 aromatic carbocycles. The fraction of sp³-hybridized carbons (Fsp3) is 0.381. The van der Waals surface area contributed by atoms with Crippen LogP contribution in [0.25, 0.3) is 0 Å². The average molecular weight is 416 g/mol. The van der Waals surface area contributed by atoms with Crippen LogP contribution in [0.2, 0.25) is 0 Å². The number of hydrogen-bond acceptors (Lipinski definition) is 5. The number of benzene rings is 1. The number of aromatic nitrogens is 1. The van der Waals surface area contributed by atoms with E-state index in [0.717, 1.165) is 5.69 Å². The maximum atomic E-state index is 14.1. The Morgan fingerprint density at radius 3 is 2.67 bits per heavy atom. The lowest BCUT2D eigenvalue weighted by molar-refractivity contribution is -0.130. The number of urea groups is 1. The predicted octanol–water partition coefficient (Wildman–Crippen LogP) is 3.19. The average Bonchev–Trinajstić information content (AvgIpc) is 3.06. The second-order valence-electron chi connectivity index (χ2n) is 7.20. The molecule has 30 heavy (non-hydrogen) atoms. The lowest BCUT2D eigenvalue weighted by Crippen LogP contribution is -2.36. The Labute approximate surface area is 174 Å². The van der Waals surface area contributed by atoms with Gasteiger partial charge < -0.3 is 25.0 Å². The van der Waals surface area contributed by atoms with Crippen LogP contribution in [0.15, 0.2) is 36.5 Å². The number of amides is 3. The van der Waals surface area contributed by atoms with Crippen molar-refractivity contribution >= 4 is 23.3 Å². The molecular weight excluding hydrogens is 391 g/mol. The summed E-state index contributed by atoms with van der Waals surface area (Å²) in [4.78, 5) is 29.8. The van der Waals surface area contributed by atoms with Gasteiger partial charge in [-0.2, -0.15) is 0 Å². The molecule has 2 N–H and O–H groups in total. The van der Waals surface area contributed by atoms with Crippen molar-refractivity contribution < 1.29 is 23.5 Å². The molecule has 2 aromatic rings. The van der Waals surface area contributed by atoms with Crippen LogP contribution in [0.3, 0.4) is 0 Å². The molecule has 1 fully saturated rings. The van der Waals surface area contributed by atoms with Gasteiger partial charge in [0, 0.05) is 44.0 Å². The van der Waals surface area contributed by atoms with Crippen molar-refractivity contribution in [1.82, 2.24) is 9.88 Å². The molecule has 0 radical (unpaired) electrons. The smallest absolute Gasteiger partial charge is 0.323 e. The third-order valence-electron chi connectivity index (χ3n) is 4.74. The Morgan fingerprint density at radius 1 is 1.23 bits per heavy atom. The topological polar surface area (TPSA) is 92.8 Å². The number of hydrogen-bond donors (Lipinski definition) is 2. The van der Waals surface area contributed by atoms with Gasteiger partial charge in [0.25, 0.3) is 0 Å². The molecule has 0 saturated carbocycles. The van der Waals surface area contributed by atoms with Gasteiger partial charge in [0.05, 0.1) is 31.1 Å². The quantitative estimate of drug-likeness (QED) is 0.755. The number of halogens is 1. The summed E-state index contributed by atoms with van der Waals surface area (Å²) < 4.78 is 25.1. The number of anilines is 2. The third kappa shape index (κ3) is 5.66. The van der Waals surface area contributed by atoms with Gasteiger partial charge in [0.2, 0.25) is 5.91 Å². The maximum Gasteiger partial charge on any atom is 0.323 e. The molecule has 0 spiro atoms. The molecule has 160 valence electrons. The molecule has 1 aromatic heterocycles. The van der Waals surface area contributed by atoms with E-state index in [2.05, 4.69) is 15.6 Å². The molecule has 9 heteroatoms. The van der Waals surface area contributed by atoms with E-state index >= 15 is 0 Å². The largest absolute Gasteiger partial charge is 0.488 e. The van der Waals surface area contributed by atoms with E-state index in [1.807, 2.05) is 6.92 Å². The summed E-state index contributed by atoms with van der Waals surface area (Å²) in [7, 11) is 1.58. The zero-order valence-electron chi connectivity index (χ0n) is 17.1. The molecule has 3 rings (SSSR count). The number of nitrogens with zero attached hydrogens (tertiary/aromatic N) is 2. The minimum atomic E-state index is -0.547. The van der Waals surface area contributed by atoms with Crippen molar-refractivity contribution in [2.45, 2.75) is 32.4 Å². The fourth-order valence-corrected chi connectivity index (χ4v) is 3.43. The second-order valence-corrected chi connectivity index (χ2v) is 7.20. The lowest BCUT2D eigenvalue weighted by atomic mass is 10.2. The molecule has 1 saturated heterocycles. The first-order chi connectivity index (χ1) is 14.3. The van der Waals surface area contributed by atoms with Crippen LogP contribution in [-0.2, 0) is 9.53 Å². The number of aryl methyl sites for hydroxylation is 1. The van der Waals surface area contributed by atoms with Crippen LogP contribution in [0.1, 0.15) is 19.0 Å². The molecule has 2 unspecified atom stereocenters. The molecule has 1 aliphatic rings. The van der Waals surface area contributed by atoms with Crippen LogP contribution in [-0.4, -0.2) is 54.2 Å². The number of pyridine rings is 1. The van der Waals surface area contributed by atoms with Gasteiger partial charge in [0.15, 0.2) is 0 Å². The van der Waals surface area contributed by atoms with Crippen LogP contribution in [0.4, 0.5) is 20.6 Å². The van der Waals surface area contributed by atoms with E-state index in [0.29, 0.717) is 25.3 Å². The van der Waals surface area contributed by atoms with Crippen LogP contribution in [0, 0.1) is 12.7 Å². The summed E-state index contributed by atoms with van der Waals surface area (Å²) in [5, 5.41) is 5.22. The van der Waals surface area contributed by atoms with Crippen molar-refractivity contribution in [2.75, 3.05) is 30.9 Å². The minimum absolute atomic E-state index is 0.0629. The Bertz CT molecular complexity index is 906. The van der Waals surface area contributed by atoms with Gasteiger partial charge in [0.1, 0.15) is 17.7 Å². The highest BCUT2D eigenvalue weighted by Gasteiger charge is 2.35. The first-order valence-electron chi connectivity index (χ1n) is 9.58. The Kier molecular flexibility index (Phi) is 6.83. The summed E-state index contributed by atoms with van der Waals surface area (Å²) in [6, 6.07) is 6.86. The standard InChI is InChI=1S/C21H25FN4O4/c1-13-4-5-16(10-23-13)24-21(28)25-17-6-15(22)7-19(8-17)30-20-9-18(12-29-3)26(11-20)14(2)27/h4-8,10,18,20H,9,11-12H2,1-3H3,(H2,24,25,28). The van der Waals surface area contributed by atoms with E-state index in [1.165, 1.54) is 31.3 Å². The monoisotopic (exact) mass is 416 g/mol. The molecule has 3 amide bonds. The van der Waals surface area contributed by atoms with Crippen molar-refractivity contribution in [3.8, 4) is 5.75 Å². The summed E-state index contributed by atoms with van der Waals surface area (Å²) in [5.74, 6) is -0.337. The van der Waals surface area contributed by atoms with E-state index in [4.69, 9.17) is 9.47 Å². The first kappa shape index (κ1) is 21.5. The SMILES string of the molecule is COCC1CC(Oc2cc(F)cc(NC(=O)Nc3ccc(C)nc3)c2)CN1C(C)=O. The molecular formula is C21H25FN4O4. The number of ether oxygens (including phenoxy) is 2. The molecule has 0 aliphatic carbocycles. The molecule has 2 heterocycles. The van der Waals surface area contributed by atoms with Crippen molar-refractivity contribution in [3.05, 3.63) is 48.0 Å². The normalized spacial score (nSPS) is 18.2. The van der Waals surface area contributed by atoms with E-state index in [9.17, 15) is 14.0 Å². The Morgan fingerprint density at radius 2 is 2.00 bits per heavy atom. The number of carbonyl (C=O) groups is 2. The summed E-state index contributed by atoms with van der Waals surface area (Å²) >= 11 is 0. The van der Waals surface area contributed by atoms with Crippen LogP contribution < -0.4 is 15.4 Å². The molecule has 1 aliphatic heterocycles. The Hall–Kier alpha value is -3.20. The highest BCUT2D eigenvalue weighted by atomic mass is 19.1. The number of likely N-dealkylation sites (tertiary alicyclic amines) is 1. The van der Waals surface area contributed by atoms with Gasteiger partial charge in [-0.1, -0.05) is 0 Å². The van der Waals surface area contributed by atoms with Crippen molar-refractivity contribution in [3.63, 3.8) is 0 Å². The first-order valence-corrected chi connectivity index (χ1v) is 9.58. The van der Waals surface area contributed by atoms with Gasteiger partial charge in [-0.05, 0) is 25.1 Å². The van der Waals surface area contributed by atoms with Gasteiger partial charge in [-0.15, -0.1) is 0 Å². The van der Waals surface area contributed by atoms with Crippen LogP contribution >= 0.6 is 0 Å². The summed E-state index contributed by atoms with van der Waals surface area (Å²) in [6.07, 6.45) is 1.82. The maximum absolute atomic E-state index is 14.1. The molecule has 8 nitrogen and oxygen atoms in total. The van der Waals surface area contributed by atoms with Gasteiger partial charge in [-0.3, -0.25) is 9.78 Å². The molecule has 0 bridgehead atoms. The van der Waals surface area contributed by atoms with Crippen molar-refractivity contribution in [2.24, 2.45) is 0 Å². The highest BCUT2D eigenvalue weighted by molar-refractivity contribution is 5.99. The van der Waals surface area contributed by atoms with Gasteiger partial charge in [-0.25, -0.2) is 9.18 Å². The zero-order valence-corrected chi connectivity index (χ0v) is 17.1. The third-order valence-corrected chi connectivity index (χ3v) is 4.74. The number of rotatable bonds is 6. The zero-order chi connectivity index (χ0) is 21.7. The number of carbonyl (C=O) groups excluding carboxylic acids is 2. The lowest BCUT2D eigenvalue weighted by Gasteiger charge is -2.21. The Balaban J connectivity index is 1.64. The van der Waals surface area contributed by atoms with E-state index < -0.39 is 11.8 Å². The summed E-state index contributed by atoms with van der Waals surface area (Å²) in [6.45, 7) is 4.14. The van der Waals surface area contributed by atoms with E-state index in [1.54, 1.807) is 24.1 Å². The van der Waals surface area contributed by atoms with E-state index in [-0.39, 0.29) is 29.5 Å². The number of nitrogens with one attached hydrogen (secondary N) is 2. The minimum Gasteiger partial charge on any atom is -0.488 e. The van der Waals surface area contributed by atoms with Crippen LogP contribution in [0.5, 0.6) is 5.75 Å². The fourth-order valence-electron chi connectivity index (χ4n) is 3.43. The second kappa shape index (κ2) is 9.53. The van der Waals surface area contributed by atoms with Crippen molar-refractivity contribution in [1.29, 1.82) is 0 Å². The number of methoxy groups -OCH3 is 1. The highest BCUT2D eigenvalue weighted by Crippen LogP contribution is 2.26.